The standard InChI is InChI=1S/C16H23NO5/c1-4-6-13(18)21-10-8-11-15(20)16(12(9-10)17(11)3)22-14(19)7-5-2/h4-7,10-12,15-16,20H,8-9H2,1-3H3/b6-4+,7-5+/t10?,11-,12+,15?,16?/m0/s1. The van der Waals surface area contributed by atoms with Crippen LogP contribution >= 0.6 is 0 Å². The van der Waals surface area contributed by atoms with E-state index in [0.29, 0.717) is 12.8 Å². The van der Waals surface area contributed by atoms with Gasteiger partial charge in [0.05, 0.1) is 6.04 Å². The number of rotatable bonds is 4. The first kappa shape index (κ1) is 16.7. The number of fused-ring (bicyclic) bond motifs is 2. The van der Waals surface area contributed by atoms with Crippen LogP contribution in [-0.2, 0) is 19.1 Å². The Morgan fingerprint density at radius 3 is 2.18 bits per heavy atom. The number of nitrogens with zero attached hydrogens (tertiary/aromatic N) is 1. The number of esters is 2. The SMILES string of the molecule is C/C=C/C(=O)OC1C[C@@H]2C(OC(=O)/C=C/C)C(O)[C@H](C1)N2C. The molecule has 0 aromatic carbocycles. The van der Waals surface area contributed by atoms with Gasteiger partial charge >= 0.3 is 11.9 Å². The molecule has 1 N–H and O–H groups in total. The predicted octanol–water partition coefficient (Wildman–Crippen LogP) is 0.799. The van der Waals surface area contributed by atoms with Gasteiger partial charge < -0.3 is 14.6 Å². The molecular weight excluding hydrogens is 286 g/mol. The molecule has 2 aliphatic rings. The number of hydrogen-bond donors (Lipinski definition) is 1. The third-order valence-corrected chi connectivity index (χ3v) is 4.31. The first-order chi connectivity index (χ1) is 10.5. The molecular formula is C16H23NO5. The zero-order valence-corrected chi connectivity index (χ0v) is 13.1. The highest BCUT2D eigenvalue weighted by molar-refractivity contribution is 5.82. The topological polar surface area (TPSA) is 76.1 Å². The number of likely N-dealkylation sites (N-methyl/N-ethyl adjacent to an activating group) is 1. The maximum Gasteiger partial charge on any atom is 0.330 e. The number of aliphatic hydroxyl groups is 1. The molecule has 2 saturated heterocycles. The van der Waals surface area contributed by atoms with Crippen LogP contribution in [0.15, 0.2) is 24.3 Å². The highest BCUT2D eigenvalue weighted by Crippen LogP contribution is 2.37. The largest absolute Gasteiger partial charge is 0.459 e. The fourth-order valence-corrected chi connectivity index (χ4v) is 3.30. The first-order valence-corrected chi connectivity index (χ1v) is 7.54. The number of carbonyl (C=O) groups excluding carboxylic acids is 2. The Morgan fingerprint density at radius 1 is 1.05 bits per heavy atom. The van der Waals surface area contributed by atoms with Crippen molar-refractivity contribution in [2.45, 2.75) is 57.1 Å². The summed E-state index contributed by atoms with van der Waals surface area (Å²) in [6, 6.07) is -0.322. The Hall–Kier alpha value is -1.66. The highest BCUT2D eigenvalue weighted by Gasteiger charge is 2.53. The summed E-state index contributed by atoms with van der Waals surface area (Å²) in [5, 5.41) is 10.4. The summed E-state index contributed by atoms with van der Waals surface area (Å²) in [5.41, 5.74) is 0. The van der Waals surface area contributed by atoms with Gasteiger partial charge in [-0.2, -0.15) is 0 Å². The van der Waals surface area contributed by atoms with Crippen molar-refractivity contribution in [1.29, 1.82) is 0 Å². The average Bonchev–Trinajstić information content (AvgIpc) is 2.59. The predicted molar refractivity (Wildman–Crippen MR) is 80.0 cm³/mol. The Kier molecular flexibility index (Phi) is 5.37. The van der Waals surface area contributed by atoms with Crippen LogP contribution in [-0.4, -0.2) is 59.4 Å². The monoisotopic (exact) mass is 309 g/mol. The van der Waals surface area contributed by atoms with Crippen molar-refractivity contribution in [2.75, 3.05) is 7.05 Å². The van der Waals surface area contributed by atoms with Gasteiger partial charge in [0, 0.05) is 31.0 Å². The van der Waals surface area contributed by atoms with Crippen molar-refractivity contribution >= 4 is 11.9 Å². The lowest BCUT2D eigenvalue weighted by atomic mass is 10.00. The average molecular weight is 309 g/mol. The molecule has 5 atom stereocenters. The van der Waals surface area contributed by atoms with Gasteiger partial charge in [0.15, 0.2) is 0 Å². The molecule has 122 valence electrons. The van der Waals surface area contributed by atoms with Crippen molar-refractivity contribution in [2.24, 2.45) is 0 Å². The minimum atomic E-state index is -0.769. The van der Waals surface area contributed by atoms with Gasteiger partial charge in [-0.3, -0.25) is 4.90 Å². The molecule has 2 bridgehead atoms. The molecule has 6 heteroatoms. The Bertz CT molecular complexity index is 487. The minimum absolute atomic E-state index is 0.147. The molecule has 2 rings (SSSR count). The van der Waals surface area contributed by atoms with E-state index in [9.17, 15) is 14.7 Å². The molecule has 6 nitrogen and oxygen atoms in total. The molecule has 2 fully saturated rings. The normalized spacial score (nSPS) is 35.2. The van der Waals surface area contributed by atoms with Gasteiger partial charge in [-0.05, 0) is 20.9 Å². The highest BCUT2D eigenvalue weighted by atomic mass is 16.6. The number of ether oxygens (including phenoxy) is 2. The maximum absolute atomic E-state index is 11.7. The van der Waals surface area contributed by atoms with Gasteiger partial charge in [0.1, 0.15) is 18.3 Å². The molecule has 2 aliphatic heterocycles. The molecule has 2 heterocycles. The molecule has 0 aromatic rings. The number of aliphatic hydroxyl groups excluding tert-OH is 1. The third kappa shape index (κ3) is 3.39. The molecule has 0 aliphatic carbocycles. The van der Waals surface area contributed by atoms with Gasteiger partial charge in [-0.1, -0.05) is 12.2 Å². The van der Waals surface area contributed by atoms with Crippen LogP contribution in [0.3, 0.4) is 0 Å². The Morgan fingerprint density at radius 2 is 1.59 bits per heavy atom. The molecule has 0 radical (unpaired) electrons. The summed E-state index contributed by atoms with van der Waals surface area (Å²) in [6.07, 6.45) is 5.38. The zero-order chi connectivity index (χ0) is 16.3. The molecule has 3 unspecified atom stereocenters. The Balaban J connectivity index is 2.05. The summed E-state index contributed by atoms with van der Waals surface area (Å²) >= 11 is 0. The summed E-state index contributed by atoms with van der Waals surface area (Å²) in [7, 11) is 1.89. The van der Waals surface area contributed by atoms with Crippen molar-refractivity contribution in [1.82, 2.24) is 4.90 Å². The van der Waals surface area contributed by atoms with Crippen molar-refractivity contribution in [3.05, 3.63) is 24.3 Å². The van der Waals surface area contributed by atoms with E-state index in [0.717, 1.165) is 0 Å². The minimum Gasteiger partial charge on any atom is -0.459 e. The van der Waals surface area contributed by atoms with Crippen LogP contribution in [0.4, 0.5) is 0 Å². The van der Waals surface area contributed by atoms with Gasteiger partial charge in [-0.15, -0.1) is 0 Å². The van der Waals surface area contributed by atoms with Crippen molar-refractivity contribution in [3.8, 4) is 0 Å². The van der Waals surface area contributed by atoms with Gasteiger partial charge in [0.2, 0.25) is 0 Å². The van der Waals surface area contributed by atoms with E-state index in [1.54, 1.807) is 26.0 Å². The lowest BCUT2D eigenvalue weighted by Gasteiger charge is -2.35. The van der Waals surface area contributed by atoms with Crippen molar-refractivity contribution < 1.29 is 24.2 Å². The summed E-state index contributed by atoms with van der Waals surface area (Å²) in [4.78, 5) is 25.2. The van der Waals surface area contributed by atoms with Crippen LogP contribution in [0.25, 0.3) is 0 Å². The van der Waals surface area contributed by atoms with E-state index in [1.807, 2.05) is 11.9 Å². The van der Waals surface area contributed by atoms with Gasteiger partial charge in [0.25, 0.3) is 0 Å². The summed E-state index contributed by atoms with van der Waals surface area (Å²) in [5.74, 6) is -0.844. The van der Waals surface area contributed by atoms with Gasteiger partial charge in [-0.25, -0.2) is 9.59 Å². The maximum atomic E-state index is 11.7. The second-order valence-corrected chi connectivity index (χ2v) is 5.72. The molecule has 0 spiro atoms. The first-order valence-electron chi connectivity index (χ1n) is 7.54. The molecule has 22 heavy (non-hydrogen) atoms. The molecule has 0 aromatic heterocycles. The van der Waals surface area contributed by atoms with Crippen LogP contribution < -0.4 is 0 Å². The summed E-state index contributed by atoms with van der Waals surface area (Å²) in [6.45, 7) is 3.48. The quantitative estimate of drug-likeness (QED) is 0.611. The number of allylic oxidation sites excluding steroid dienone is 2. The van der Waals surface area contributed by atoms with E-state index in [-0.39, 0.29) is 24.2 Å². The fourth-order valence-electron chi connectivity index (χ4n) is 3.30. The smallest absolute Gasteiger partial charge is 0.330 e. The lowest BCUT2D eigenvalue weighted by Crippen LogP contribution is -2.46. The van der Waals surface area contributed by atoms with Crippen molar-refractivity contribution in [3.63, 3.8) is 0 Å². The van der Waals surface area contributed by atoms with E-state index in [4.69, 9.17) is 9.47 Å². The lowest BCUT2D eigenvalue weighted by molar-refractivity contribution is -0.151. The van der Waals surface area contributed by atoms with E-state index in [2.05, 4.69) is 0 Å². The molecule has 0 saturated carbocycles. The number of piperidine rings is 1. The van der Waals surface area contributed by atoms with Crippen LogP contribution in [0.5, 0.6) is 0 Å². The van der Waals surface area contributed by atoms with Crippen LogP contribution in [0.1, 0.15) is 26.7 Å². The van der Waals surface area contributed by atoms with E-state index >= 15 is 0 Å². The second kappa shape index (κ2) is 7.07. The number of hydrogen-bond acceptors (Lipinski definition) is 6. The fraction of sp³-hybridized carbons (Fsp3) is 0.625. The van der Waals surface area contributed by atoms with Crippen LogP contribution in [0.2, 0.25) is 0 Å². The van der Waals surface area contributed by atoms with E-state index < -0.39 is 18.2 Å². The Labute approximate surface area is 130 Å². The summed E-state index contributed by atoms with van der Waals surface area (Å²) < 4.78 is 10.8. The zero-order valence-electron chi connectivity index (χ0n) is 13.1. The molecule has 0 amide bonds. The van der Waals surface area contributed by atoms with E-state index in [1.165, 1.54) is 12.2 Å². The second-order valence-electron chi connectivity index (χ2n) is 5.72. The number of carbonyl (C=O) groups is 2. The van der Waals surface area contributed by atoms with Crippen LogP contribution in [0, 0.1) is 0 Å². The third-order valence-electron chi connectivity index (χ3n) is 4.31.